The quantitative estimate of drug-likeness (QED) is 0.710. The third kappa shape index (κ3) is 6.04. The Bertz CT molecular complexity index is 718. The summed E-state index contributed by atoms with van der Waals surface area (Å²) in [6, 6.07) is 8.78. The zero-order valence-corrected chi connectivity index (χ0v) is 15.5. The van der Waals surface area contributed by atoms with E-state index in [1.165, 1.54) is 18.4 Å². The van der Waals surface area contributed by atoms with Crippen molar-refractivity contribution in [1.29, 1.82) is 0 Å². The second-order valence-corrected chi connectivity index (χ2v) is 6.60. The molecule has 2 aromatic rings. The second-order valence-electron chi connectivity index (χ2n) is 5.24. The van der Waals surface area contributed by atoms with E-state index in [9.17, 15) is 9.59 Å². The highest BCUT2D eigenvalue weighted by Gasteiger charge is 2.16. The van der Waals surface area contributed by atoms with E-state index >= 15 is 0 Å². The van der Waals surface area contributed by atoms with Gasteiger partial charge in [-0.3, -0.25) is 9.69 Å². The molecule has 8 heteroatoms. The average molecular weight is 383 g/mol. The lowest BCUT2D eigenvalue weighted by Gasteiger charge is -2.16. The third-order valence-electron chi connectivity index (χ3n) is 3.28. The lowest BCUT2D eigenvalue weighted by atomic mass is 10.3. The van der Waals surface area contributed by atoms with Gasteiger partial charge in [-0.25, -0.2) is 4.79 Å². The number of amides is 1. The minimum Gasteiger partial charge on any atom is -0.492 e. The summed E-state index contributed by atoms with van der Waals surface area (Å²) in [7, 11) is 3.13. The normalized spacial score (nSPS) is 10.6. The Morgan fingerprint density at radius 3 is 2.64 bits per heavy atom. The summed E-state index contributed by atoms with van der Waals surface area (Å²) in [6.07, 6.45) is 0. The van der Waals surface area contributed by atoms with Gasteiger partial charge >= 0.3 is 5.97 Å². The van der Waals surface area contributed by atoms with Crippen LogP contribution in [0, 0.1) is 0 Å². The summed E-state index contributed by atoms with van der Waals surface area (Å²) in [5, 5.41) is 5.11. The van der Waals surface area contributed by atoms with Crippen LogP contribution in [0.4, 0.5) is 5.69 Å². The number of rotatable bonds is 8. The smallest absolute Gasteiger partial charge is 0.350 e. The van der Waals surface area contributed by atoms with Crippen molar-refractivity contribution in [2.75, 3.05) is 39.2 Å². The highest BCUT2D eigenvalue weighted by atomic mass is 35.5. The molecule has 0 saturated carbocycles. The highest BCUT2D eigenvalue weighted by molar-refractivity contribution is 7.12. The zero-order valence-electron chi connectivity index (χ0n) is 14.0. The van der Waals surface area contributed by atoms with Gasteiger partial charge in [-0.1, -0.05) is 11.6 Å². The lowest BCUT2D eigenvalue weighted by molar-refractivity contribution is -0.117. The molecule has 0 unspecified atom stereocenters. The number of carbonyl (C=O) groups excluding carboxylic acids is 2. The first kappa shape index (κ1) is 19.2. The van der Waals surface area contributed by atoms with Gasteiger partial charge in [0.05, 0.1) is 19.3 Å². The van der Waals surface area contributed by atoms with Crippen LogP contribution in [-0.2, 0) is 9.53 Å². The van der Waals surface area contributed by atoms with E-state index in [0.717, 1.165) is 5.75 Å². The largest absolute Gasteiger partial charge is 0.492 e. The van der Waals surface area contributed by atoms with E-state index in [1.54, 1.807) is 35.7 Å². The van der Waals surface area contributed by atoms with E-state index in [-0.39, 0.29) is 12.5 Å². The number of benzene rings is 1. The molecule has 0 aliphatic carbocycles. The van der Waals surface area contributed by atoms with Crippen molar-refractivity contribution in [2.45, 2.75) is 0 Å². The third-order valence-corrected chi connectivity index (χ3v) is 4.43. The number of halogens is 1. The van der Waals surface area contributed by atoms with Crippen LogP contribution in [0.5, 0.6) is 5.75 Å². The monoisotopic (exact) mass is 382 g/mol. The van der Waals surface area contributed by atoms with Crippen LogP contribution in [0.2, 0.25) is 5.02 Å². The number of hydrogen-bond acceptors (Lipinski definition) is 6. The molecule has 1 heterocycles. The molecule has 0 aliphatic heterocycles. The molecule has 0 fully saturated rings. The average Bonchev–Trinajstić information content (AvgIpc) is 3.03. The highest BCUT2D eigenvalue weighted by Crippen LogP contribution is 2.23. The molecular weight excluding hydrogens is 364 g/mol. The van der Waals surface area contributed by atoms with Crippen LogP contribution in [0.3, 0.4) is 0 Å². The molecule has 2 rings (SSSR count). The molecule has 1 aromatic carbocycles. The molecule has 0 aliphatic rings. The molecular formula is C17H19ClN2O4S. The van der Waals surface area contributed by atoms with E-state index < -0.39 is 5.97 Å². The first-order valence-corrected chi connectivity index (χ1v) is 8.78. The SMILES string of the molecule is COC(=O)c1sccc1NC(=O)CN(C)CCOc1ccc(Cl)cc1. The number of carbonyl (C=O) groups is 2. The molecule has 0 radical (unpaired) electrons. The molecule has 6 nitrogen and oxygen atoms in total. The Labute approximate surface area is 155 Å². The number of nitrogens with zero attached hydrogens (tertiary/aromatic N) is 1. The van der Waals surface area contributed by atoms with Gasteiger partial charge in [0.1, 0.15) is 17.2 Å². The van der Waals surface area contributed by atoms with Gasteiger partial charge in [-0.05, 0) is 42.8 Å². The molecule has 0 spiro atoms. The van der Waals surface area contributed by atoms with Crippen molar-refractivity contribution < 1.29 is 19.1 Å². The van der Waals surface area contributed by atoms with Gasteiger partial charge in [0.15, 0.2) is 0 Å². The maximum Gasteiger partial charge on any atom is 0.350 e. The van der Waals surface area contributed by atoms with Gasteiger partial charge in [-0.15, -0.1) is 11.3 Å². The predicted octanol–water partition coefficient (Wildman–Crippen LogP) is 3.14. The summed E-state index contributed by atoms with van der Waals surface area (Å²) in [5.74, 6) is 0.0517. The second kappa shape index (κ2) is 9.41. The van der Waals surface area contributed by atoms with Gasteiger partial charge < -0.3 is 14.8 Å². The number of likely N-dealkylation sites (N-methyl/N-ethyl adjacent to an activating group) is 1. The Kier molecular flexibility index (Phi) is 7.24. The first-order valence-electron chi connectivity index (χ1n) is 7.52. The van der Waals surface area contributed by atoms with Crippen LogP contribution < -0.4 is 10.1 Å². The topological polar surface area (TPSA) is 67.9 Å². The van der Waals surface area contributed by atoms with E-state index in [4.69, 9.17) is 16.3 Å². The van der Waals surface area contributed by atoms with E-state index in [2.05, 4.69) is 10.1 Å². The molecule has 0 atom stereocenters. The predicted molar refractivity (Wildman–Crippen MR) is 98.7 cm³/mol. The molecule has 1 aromatic heterocycles. The first-order chi connectivity index (χ1) is 12.0. The summed E-state index contributed by atoms with van der Waals surface area (Å²) in [5.41, 5.74) is 0.465. The van der Waals surface area contributed by atoms with Crippen molar-refractivity contribution in [3.8, 4) is 5.75 Å². The maximum absolute atomic E-state index is 12.1. The number of hydrogen-bond donors (Lipinski definition) is 1. The number of methoxy groups -OCH3 is 1. The molecule has 0 bridgehead atoms. The zero-order chi connectivity index (χ0) is 18.2. The van der Waals surface area contributed by atoms with Crippen LogP contribution in [0.15, 0.2) is 35.7 Å². The van der Waals surface area contributed by atoms with E-state index in [1.807, 2.05) is 11.9 Å². The minimum absolute atomic E-state index is 0.181. The Balaban J connectivity index is 1.75. The number of esters is 1. The van der Waals surface area contributed by atoms with Gasteiger partial charge in [0.2, 0.25) is 5.91 Å². The Morgan fingerprint density at radius 1 is 1.24 bits per heavy atom. The molecule has 25 heavy (non-hydrogen) atoms. The number of thiophene rings is 1. The molecule has 1 N–H and O–H groups in total. The van der Waals surface area contributed by atoms with E-state index in [0.29, 0.717) is 28.7 Å². The van der Waals surface area contributed by atoms with Gasteiger partial charge in [0, 0.05) is 11.6 Å². The lowest BCUT2D eigenvalue weighted by Crippen LogP contribution is -2.33. The van der Waals surface area contributed by atoms with Gasteiger partial charge in [0.25, 0.3) is 0 Å². The number of nitrogens with one attached hydrogen (secondary N) is 1. The number of ether oxygens (including phenoxy) is 2. The fourth-order valence-electron chi connectivity index (χ4n) is 2.02. The van der Waals surface area contributed by atoms with Crippen molar-refractivity contribution in [3.05, 3.63) is 45.6 Å². The van der Waals surface area contributed by atoms with Crippen molar-refractivity contribution >= 4 is 40.5 Å². The molecule has 134 valence electrons. The Hall–Kier alpha value is -2.09. The summed E-state index contributed by atoms with van der Waals surface area (Å²) in [4.78, 5) is 25.9. The fourth-order valence-corrected chi connectivity index (χ4v) is 2.91. The standard InChI is InChI=1S/C17H19ClN2O4S/c1-20(8-9-24-13-5-3-12(18)4-6-13)11-15(21)19-14-7-10-25-16(14)17(22)23-2/h3-7,10H,8-9,11H2,1-2H3,(H,19,21). The summed E-state index contributed by atoms with van der Waals surface area (Å²) in [6.45, 7) is 1.20. The molecule has 1 amide bonds. The van der Waals surface area contributed by atoms with Crippen molar-refractivity contribution in [1.82, 2.24) is 4.90 Å². The maximum atomic E-state index is 12.1. The molecule has 0 saturated heterocycles. The Morgan fingerprint density at radius 2 is 1.96 bits per heavy atom. The van der Waals surface area contributed by atoms with Gasteiger partial charge in [-0.2, -0.15) is 0 Å². The number of anilines is 1. The van der Waals surface area contributed by atoms with Crippen LogP contribution in [0.1, 0.15) is 9.67 Å². The summed E-state index contributed by atoms with van der Waals surface area (Å²) < 4.78 is 10.3. The van der Waals surface area contributed by atoms with Crippen LogP contribution >= 0.6 is 22.9 Å². The van der Waals surface area contributed by atoms with Crippen molar-refractivity contribution in [2.24, 2.45) is 0 Å². The van der Waals surface area contributed by atoms with Crippen LogP contribution in [-0.4, -0.2) is 50.6 Å². The summed E-state index contributed by atoms with van der Waals surface area (Å²) >= 11 is 7.04. The fraction of sp³-hybridized carbons (Fsp3) is 0.294. The minimum atomic E-state index is -0.463. The van der Waals surface area contributed by atoms with Crippen LogP contribution in [0.25, 0.3) is 0 Å². The van der Waals surface area contributed by atoms with Crippen molar-refractivity contribution in [3.63, 3.8) is 0 Å².